The normalized spacial score (nSPS) is 15.5. The van der Waals surface area contributed by atoms with Gasteiger partial charge >= 0.3 is 15.2 Å². The van der Waals surface area contributed by atoms with Gasteiger partial charge in [-0.2, -0.15) is 0 Å². The van der Waals surface area contributed by atoms with Gasteiger partial charge in [0.25, 0.3) is 0 Å². The second-order valence-electron chi connectivity index (χ2n) is 7.08. The molecule has 0 aliphatic heterocycles. The van der Waals surface area contributed by atoms with Crippen molar-refractivity contribution >= 4 is 15.2 Å². The minimum absolute atomic E-state index is 0.272. The highest BCUT2D eigenvalue weighted by Gasteiger charge is 2.71. The summed E-state index contributed by atoms with van der Waals surface area (Å²) in [6.07, 6.45) is 2.61. The maximum absolute atomic E-state index is 12.6. The van der Waals surface area contributed by atoms with Crippen molar-refractivity contribution in [1.29, 1.82) is 0 Å². The van der Waals surface area contributed by atoms with Crippen molar-refractivity contribution in [3.8, 4) is 0 Å². The van der Waals surface area contributed by atoms with Crippen LogP contribution in [0.3, 0.4) is 0 Å². The summed E-state index contributed by atoms with van der Waals surface area (Å²) in [6, 6.07) is -0.322. The lowest BCUT2D eigenvalue weighted by Crippen LogP contribution is -2.59. The zero-order valence-electron chi connectivity index (χ0n) is 17.2. The van der Waals surface area contributed by atoms with E-state index in [9.17, 15) is 28.7 Å². The van der Waals surface area contributed by atoms with Gasteiger partial charge in [0.2, 0.25) is 0 Å². The molecule has 0 saturated carbocycles. The summed E-state index contributed by atoms with van der Waals surface area (Å²) in [6.45, 7) is 12.5. The molecule has 0 fully saturated rings. The fourth-order valence-corrected chi connectivity index (χ4v) is 9.34. The van der Waals surface area contributed by atoms with Gasteiger partial charge in [-0.05, 0) is 51.6 Å². The Hall–Kier alpha value is 0.260. The van der Waals surface area contributed by atoms with E-state index >= 15 is 0 Å². The van der Waals surface area contributed by atoms with Crippen LogP contribution in [0.4, 0.5) is 0 Å². The molecule has 7 nitrogen and oxygen atoms in total. The Morgan fingerprint density at radius 2 is 1.15 bits per heavy atom. The van der Waals surface area contributed by atoms with Crippen molar-refractivity contribution in [2.24, 2.45) is 5.41 Å². The second-order valence-corrected chi connectivity index (χ2v) is 11.1. The Balaban J connectivity index is 6.90. The van der Waals surface area contributed by atoms with Gasteiger partial charge < -0.3 is 19.6 Å². The maximum atomic E-state index is 12.6. The lowest BCUT2D eigenvalue weighted by atomic mass is 9.69. The number of rotatable bonds is 13. The van der Waals surface area contributed by atoms with Gasteiger partial charge in [0.15, 0.2) is 4.90 Å². The number of hydrogen-bond donors (Lipinski definition) is 4. The van der Waals surface area contributed by atoms with Crippen LogP contribution >= 0.6 is 15.2 Å². The SMILES string of the molecule is CCCN(CCC)C(CC)C(CC)(CC)C(CC)(P(=O)(O)O)P(=O)(O)O. The van der Waals surface area contributed by atoms with Crippen LogP contribution in [-0.4, -0.2) is 48.5 Å². The molecule has 0 aliphatic carbocycles. The van der Waals surface area contributed by atoms with Crippen LogP contribution in [0.2, 0.25) is 0 Å². The van der Waals surface area contributed by atoms with Gasteiger partial charge in [-0.1, -0.05) is 41.5 Å². The van der Waals surface area contributed by atoms with E-state index in [1.54, 1.807) is 13.8 Å². The fourth-order valence-electron chi connectivity index (χ4n) is 5.06. The summed E-state index contributed by atoms with van der Waals surface area (Å²) in [4.78, 5) is 40.8. The highest BCUT2D eigenvalue weighted by atomic mass is 31.2. The minimum Gasteiger partial charge on any atom is -0.324 e. The van der Waals surface area contributed by atoms with Gasteiger partial charge in [0, 0.05) is 11.5 Å². The first-order chi connectivity index (χ1) is 11.9. The van der Waals surface area contributed by atoms with Gasteiger partial charge in [-0.3, -0.25) is 14.0 Å². The molecule has 0 heterocycles. The predicted molar refractivity (Wildman–Crippen MR) is 106 cm³/mol. The summed E-state index contributed by atoms with van der Waals surface area (Å²) in [7, 11) is -10.2. The molecular formula is C17H39NO6P2. The Labute approximate surface area is 158 Å². The molecule has 0 saturated heterocycles. The molecule has 26 heavy (non-hydrogen) atoms. The topological polar surface area (TPSA) is 118 Å². The van der Waals surface area contributed by atoms with Crippen LogP contribution in [0.25, 0.3) is 0 Å². The first kappa shape index (κ1) is 26.3. The molecule has 0 rings (SSSR count). The molecule has 1 atom stereocenters. The van der Waals surface area contributed by atoms with Crippen LogP contribution in [0.15, 0.2) is 0 Å². The van der Waals surface area contributed by atoms with Gasteiger partial charge in [0.05, 0.1) is 0 Å². The molecule has 0 aliphatic rings. The molecule has 0 bridgehead atoms. The van der Waals surface area contributed by atoms with Crippen LogP contribution in [0, 0.1) is 5.41 Å². The maximum Gasteiger partial charge on any atom is 0.344 e. The van der Waals surface area contributed by atoms with Gasteiger partial charge in [-0.15, -0.1) is 0 Å². The summed E-state index contributed by atoms with van der Waals surface area (Å²) >= 11 is 0. The highest BCUT2D eigenvalue weighted by molar-refractivity contribution is 7.72. The molecule has 0 radical (unpaired) electrons. The second kappa shape index (κ2) is 10.2. The summed E-state index contributed by atoms with van der Waals surface area (Å²) < 4.78 is 25.3. The fraction of sp³-hybridized carbons (Fsp3) is 1.00. The standard InChI is InChI=1S/C17H39NO6P2/c1-7-13-18(14-8-2)15(9-3)16(10-4,11-5)17(12-6,25(19,20)21)26(22,23)24/h15H,7-14H2,1-6H3,(H2,19,20,21)(H2,22,23,24). The zero-order chi connectivity index (χ0) is 20.8. The lowest BCUT2D eigenvalue weighted by Gasteiger charge is -2.56. The molecule has 158 valence electrons. The Bertz CT molecular complexity index is 483. The Morgan fingerprint density at radius 1 is 0.769 bits per heavy atom. The van der Waals surface area contributed by atoms with E-state index in [4.69, 9.17) is 0 Å². The van der Waals surface area contributed by atoms with Crippen LogP contribution in [0.1, 0.15) is 80.1 Å². The smallest absolute Gasteiger partial charge is 0.324 e. The summed E-state index contributed by atoms with van der Waals surface area (Å²) in [5.41, 5.74) is -1.20. The van der Waals surface area contributed by atoms with Crippen molar-refractivity contribution < 1.29 is 28.7 Å². The molecule has 0 spiro atoms. The third-order valence-corrected chi connectivity index (χ3v) is 11.0. The Kier molecular flexibility index (Phi) is 10.3. The lowest BCUT2D eigenvalue weighted by molar-refractivity contribution is 0.0201. The van der Waals surface area contributed by atoms with Gasteiger partial charge in [0.1, 0.15) is 0 Å². The molecule has 0 aromatic rings. The van der Waals surface area contributed by atoms with Crippen LogP contribution in [-0.2, 0) is 9.13 Å². The quantitative estimate of drug-likeness (QED) is 0.334. The van der Waals surface area contributed by atoms with E-state index < -0.39 is 25.5 Å². The van der Waals surface area contributed by atoms with E-state index in [0.717, 1.165) is 25.9 Å². The average Bonchev–Trinajstić information content (AvgIpc) is 2.52. The van der Waals surface area contributed by atoms with Crippen molar-refractivity contribution in [3.05, 3.63) is 0 Å². The minimum atomic E-state index is -5.12. The van der Waals surface area contributed by atoms with Crippen LogP contribution < -0.4 is 0 Å². The molecule has 0 aromatic carbocycles. The van der Waals surface area contributed by atoms with E-state index in [-0.39, 0.29) is 25.3 Å². The van der Waals surface area contributed by atoms with Crippen molar-refractivity contribution in [2.45, 2.75) is 91.0 Å². The third-order valence-electron chi connectivity index (χ3n) is 6.00. The average molecular weight is 415 g/mol. The van der Waals surface area contributed by atoms with Crippen molar-refractivity contribution in [3.63, 3.8) is 0 Å². The zero-order valence-corrected chi connectivity index (χ0v) is 19.0. The number of nitrogens with zero attached hydrogens (tertiary/aromatic N) is 1. The predicted octanol–water partition coefficient (Wildman–Crippen LogP) is 4.16. The molecule has 1 unspecified atom stereocenters. The summed E-state index contributed by atoms with van der Waals surface area (Å²) in [5, 5.41) is 0. The largest absolute Gasteiger partial charge is 0.344 e. The summed E-state index contributed by atoms with van der Waals surface area (Å²) in [5.74, 6) is 0. The van der Waals surface area contributed by atoms with Gasteiger partial charge in [-0.25, -0.2) is 0 Å². The highest BCUT2D eigenvalue weighted by Crippen LogP contribution is 2.79. The monoisotopic (exact) mass is 415 g/mol. The van der Waals surface area contributed by atoms with Crippen LogP contribution in [0.5, 0.6) is 0 Å². The number of hydrogen-bond acceptors (Lipinski definition) is 3. The van der Waals surface area contributed by atoms with Crippen molar-refractivity contribution in [2.75, 3.05) is 13.1 Å². The van der Waals surface area contributed by atoms with E-state index in [2.05, 4.69) is 4.90 Å². The molecule has 0 aromatic heterocycles. The van der Waals surface area contributed by atoms with E-state index in [1.807, 2.05) is 20.8 Å². The molecular weight excluding hydrogens is 376 g/mol. The first-order valence-electron chi connectivity index (χ1n) is 9.75. The Morgan fingerprint density at radius 3 is 1.35 bits per heavy atom. The molecule has 0 amide bonds. The third kappa shape index (κ3) is 4.46. The molecule has 4 N–H and O–H groups in total. The van der Waals surface area contributed by atoms with E-state index in [0.29, 0.717) is 6.42 Å². The first-order valence-corrected chi connectivity index (χ1v) is 13.0. The molecule has 9 heteroatoms. The van der Waals surface area contributed by atoms with Crippen molar-refractivity contribution in [1.82, 2.24) is 4.90 Å². The van der Waals surface area contributed by atoms with E-state index in [1.165, 1.54) is 6.92 Å².